The first-order chi connectivity index (χ1) is 9.91. The number of Topliss-reactive ketones (excluding diaryl/α,β-unsaturated/α-hetero) is 1. The maximum atomic E-state index is 12.4. The number of hydrogen-bond donors (Lipinski definition) is 0. The fourth-order valence-corrected chi connectivity index (χ4v) is 3.26. The van der Waals surface area contributed by atoms with E-state index in [0.717, 1.165) is 5.69 Å². The third-order valence-corrected chi connectivity index (χ3v) is 4.28. The minimum absolute atomic E-state index is 0.110. The summed E-state index contributed by atoms with van der Waals surface area (Å²) < 4.78 is 7.44. The van der Waals surface area contributed by atoms with Gasteiger partial charge in [0.1, 0.15) is 6.10 Å². The fraction of sp³-hybridized carbons (Fsp3) is 0.765. The standard InChI is InChI=1S/C17H28N2O2/c1-17(2,3)16(21-4)15(20)12-13-10-11-19(18-13)14-8-6-5-7-9-14/h10-11,14,16H,5-9,12H2,1-4H3. The molecule has 1 aliphatic rings. The second kappa shape index (κ2) is 6.73. The van der Waals surface area contributed by atoms with Gasteiger partial charge in [-0.3, -0.25) is 9.48 Å². The highest BCUT2D eigenvalue weighted by Crippen LogP contribution is 2.28. The van der Waals surface area contributed by atoms with E-state index in [-0.39, 0.29) is 17.3 Å². The molecule has 0 N–H and O–H groups in total. The van der Waals surface area contributed by atoms with Crippen LogP contribution in [0.4, 0.5) is 0 Å². The molecule has 2 rings (SSSR count). The molecule has 1 aliphatic carbocycles. The highest BCUT2D eigenvalue weighted by molar-refractivity contribution is 5.85. The maximum absolute atomic E-state index is 12.4. The molecular weight excluding hydrogens is 264 g/mol. The van der Waals surface area contributed by atoms with Crippen molar-refractivity contribution in [2.45, 2.75) is 71.4 Å². The van der Waals surface area contributed by atoms with Crippen molar-refractivity contribution >= 4 is 5.78 Å². The average Bonchev–Trinajstić information content (AvgIpc) is 2.87. The van der Waals surface area contributed by atoms with Gasteiger partial charge in [-0.15, -0.1) is 0 Å². The van der Waals surface area contributed by atoms with E-state index in [4.69, 9.17) is 4.74 Å². The van der Waals surface area contributed by atoms with Crippen LogP contribution in [0.1, 0.15) is 64.6 Å². The summed E-state index contributed by atoms with van der Waals surface area (Å²) in [4.78, 5) is 12.4. The molecule has 4 nitrogen and oxygen atoms in total. The van der Waals surface area contributed by atoms with Gasteiger partial charge in [0, 0.05) is 13.3 Å². The van der Waals surface area contributed by atoms with Crippen LogP contribution in [-0.2, 0) is 16.0 Å². The van der Waals surface area contributed by atoms with Gasteiger partial charge in [0.25, 0.3) is 0 Å². The van der Waals surface area contributed by atoms with Crippen LogP contribution in [0.25, 0.3) is 0 Å². The van der Waals surface area contributed by atoms with Gasteiger partial charge in [-0.2, -0.15) is 5.10 Å². The lowest BCUT2D eigenvalue weighted by Gasteiger charge is -2.27. The van der Waals surface area contributed by atoms with Crippen LogP contribution in [0.15, 0.2) is 12.3 Å². The van der Waals surface area contributed by atoms with Gasteiger partial charge in [-0.05, 0) is 24.3 Å². The van der Waals surface area contributed by atoms with E-state index in [0.29, 0.717) is 12.5 Å². The molecule has 0 amide bonds. The molecule has 0 spiro atoms. The first kappa shape index (κ1) is 16.2. The largest absolute Gasteiger partial charge is 0.373 e. The first-order valence-electron chi connectivity index (χ1n) is 8.01. The summed E-state index contributed by atoms with van der Waals surface area (Å²) in [5.41, 5.74) is 0.675. The van der Waals surface area contributed by atoms with Gasteiger partial charge in [0.2, 0.25) is 0 Å². The highest BCUT2D eigenvalue weighted by atomic mass is 16.5. The lowest BCUT2D eigenvalue weighted by atomic mass is 9.85. The zero-order valence-corrected chi connectivity index (χ0v) is 13.8. The first-order valence-corrected chi connectivity index (χ1v) is 8.01. The number of rotatable bonds is 5. The molecule has 1 aromatic rings. The molecule has 1 saturated carbocycles. The molecule has 0 saturated heterocycles. The molecule has 1 fully saturated rings. The maximum Gasteiger partial charge on any atom is 0.168 e. The molecule has 4 heteroatoms. The minimum atomic E-state index is -0.377. The summed E-state index contributed by atoms with van der Waals surface area (Å²) in [6, 6.07) is 2.49. The molecule has 1 aromatic heterocycles. The predicted molar refractivity (Wildman–Crippen MR) is 83.3 cm³/mol. The zero-order valence-electron chi connectivity index (χ0n) is 13.8. The molecule has 1 heterocycles. The van der Waals surface area contributed by atoms with Crippen molar-refractivity contribution in [2.24, 2.45) is 5.41 Å². The summed E-state index contributed by atoms with van der Waals surface area (Å²) in [6.45, 7) is 6.08. The Morgan fingerprint density at radius 3 is 2.62 bits per heavy atom. The quantitative estimate of drug-likeness (QED) is 0.833. The van der Waals surface area contributed by atoms with E-state index >= 15 is 0 Å². The molecule has 0 radical (unpaired) electrons. The van der Waals surface area contributed by atoms with Crippen LogP contribution >= 0.6 is 0 Å². The Morgan fingerprint density at radius 1 is 1.38 bits per heavy atom. The molecule has 21 heavy (non-hydrogen) atoms. The molecule has 1 atom stereocenters. The Labute approximate surface area is 127 Å². The Kier molecular flexibility index (Phi) is 5.20. The number of carbonyl (C=O) groups is 1. The number of ketones is 1. The van der Waals surface area contributed by atoms with Crippen molar-refractivity contribution in [1.29, 1.82) is 0 Å². The lowest BCUT2D eigenvalue weighted by Crippen LogP contribution is -2.37. The molecule has 1 unspecified atom stereocenters. The predicted octanol–water partition coefficient (Wildman–Crippen LogP) is 3.56. The van der Waals surface area contributed by atoms with Gasteiger partial charge < -0.3 is 4.74 Å². The third-order valence-electron chi connectivity index (χ3n) is 4.28. The number of nitrogens with zero attached hydrogens (tertiary/aromatic N) is 2. The van der Waals surface area contributed by atoms with Gasteiger partial charge >= 0.3 is 0 Å². The molecule has 0 aliphatic heterocycles. The van der Waals surface area contributed by atoms with Crippen LogP contribution in [0.3, 0.4) is 0 Å². The highest BCUT2D eigenvalue weighted by Gasteiger charge is 2.31. The number of hydrogen-bond acceptors (Lipinski definition) is 3. The van der Waals surface area contributed by atoms with Crippen molar-refractivity contribution in [3.63, 3.8) is 0 Å². The minimum Gasteiger partial charge on any atom is -0.373 e. The summed E-state index contributed by atoms with van der Waals surface area (Å²) in [5.74, 6) is 0.110. The second-order valence-electron chi connectivity index (χ2n) is 7.20. The summed E-state index contributed by atoms with van der Waals surface area (Å²) in [6.07, 6.45) is 8.33. The third kappa shape index (κ3) is 4.16. The summed E-state index contributed by atoms with van der Waals surface area (Å²) >= 11 is 0. The van der Waals surface area contributed by atoms with E-state index in [2.05, 4.69) is 9.78 Å². The summed E-state index contributed by atoms with van der Waals surface area (Å²) in [5, 5.41) is 4.61. The molecular formula is C17H28N2O2. The number of ether oxygens (including phenoxy) is 1. The van der Waals surface area contributed by atoms with Gasteiger partial charge in [-0.1, -0.05) is 40.0 Å². The van der Waals surface area contributed by atoms with E-state index < -0.39 is 0 Å². The normalized spacial score (nSPS) is 18.7. The van der Waals surface area contributed by atoms with E-state index in [1.54, 1.807) is 7.11 Å². The van der Waals surface area contributed by atoms with Crippen molar-refractivity contribution < 1.29 is 9.53 Å². The van der Waals surface area contributed by atoms with Gasteiger partial charge in [0.05, 0.1) is 18.2 Å². The van der Waals surface area contributed by atoms with Crippen molar-refractivity contribution in [2.75, 3.05) is 7.11 Å². The second-order valence-corrected chi connectivity index (χ2v) is 7.20. The molecule has 118 valence electrons. The van der Waals surface area contributed by atoms with Crippen molar-refractivity contribution in [3.8, 4) is 0 Å². The van der Waals surface area contributed by atoms with Gasteiger partial charge in [-0.25, -0.2) is 0 Å². The van der Waals surface area contributed by atoms with Crippen LogP contribution in [0.2, 0.25) is 0 Å². The van der Waals surface area contributed by atoms with Crippen LogP contribution in [-0.4, -0.2) is 28.8 Å². The molecule has 0 bridgehead atoms. The monoisotopic (exact) mass is 292 g/mol. The summed E-state index contributed by atoms with van der Waals surface area (Å²) in [7, 11) is 1.61. The Morgan fingerprint density at radius 2 is 2.05 bits per heavy atom. The van der Waals surface area contributed by atoms with Crippen LogP contribution in [0, 0.1) is 5.41 Å². The number of aromatic nitrogens is 2. The molecule has 0 aromatic carbocycles. The smallest absolute Gasteiger partial charge is 0.168 e. The fourth-order valence-electron chi connectivity index (χ4n) is 3.26. The van der Waals surface area contributed by atoms with E-state index in [1.165, 1.54) is 32.1 Å². The Bertz CT molecular complexity index is 467. The zero-order chi connectivity index (χ0) is 15.5. The van der Waals surface area contributed by atoms with Gasteiger partial charge in [0.15, 0.2) is 5.78 Å². The van der Waals surface area contributed by atoms with E-state index in [1.807, 2.05) is 33.0 Å². The van der Waals surface area contributed by atoms with E-state index in [9.17, 15) is 4.79 Å². The number of carbonyl (C=O) groups excluding carboxylic acids is 1. The topological polar surface area (TPSA) is 44.1 Å². The average molecular weight is 292 g/mol. The Hall–Kier alpha value is -1.16. The lowest BCUT2D eigenvalue weighted by molar-refractivity contribution is -0.134. The van der Waals surface area contributed by atoms with Crippen LogP contribution < -0.4 is 0 Å². The SMILES string of the molecule is COC(C(=O)Cc1ccn(C2CCCCC2)n1)C(C)(C)C. The Balaban J connectivity index is 2.00. The van der Waals surface area contributed by atoms with Crippen molar-refractivity contribution in [1.82, 2.24) is 9.78 Å². The van der Waals surface area contributed by atoms with Crippen molar-refractivity contribution in [3.05, 3.63) is 18.0 Å². The van der Waals surface area contributed by atoms with Crippen LogP contribution in [0.5, 0.6) is 0 Å². The number of methoxy groups -OCH3 is 1.